The second-order valence-electron chi connectivity index (χ2n) is 8.58. The lowest BCUT2D eigenvalue weighted by Gasteiger charge is -2.44. The van der Waals surface area contributed by atoms with Gasteiger partial charge in [0.15, 0.2) is 0 Å². The Kier molecular flexibility index (Phi) is 7.31. The average molecular weight is 476 g/mol. The highest BCUT2D eigenvalue weighted by molar-refractivity contribution is 8.01. The Hall–Kier alpha value is -3.08. The van der Waals surface area contributed by atoms with Gasteiger partial charge in [-0.15, -0.1) is 11.8 Å². The van der Waals surface area contributed by atoms with Crippen molar-refractivity contribution in [2.75, 3.05) is 6.54 Å². The lowest BCUT2D eigenvalue weighted by molar-refractivity contribution is -0.161. The molecule has 178 valence electrons. The van der Waals surface area contributed by atoms with Crippen molar-refractivity contribution in [3.63, 3.8) is 0 Å². The van der Waals surface area contributed by atoms with Crippen LogP contribution >= 0.6 is 11.8 Å². The van der Waals surface area contributed by atoms with E-state index in [4.69, 9.17) is 5.41 Å². The molecule has 4 atom stereocenters. The van der Waals surface area contributed by atoms with E-state index >= 15 is 0 Å². The summed E-state index contributed by atoms with van der Waals surface area (Å²) in [6.45, 7) is 5.30. The fourth-order valence-electron chi connectivity index (χ4n) is 4.07. The molecule has 2 aliphatic rings. The van der Waals surface area contributed by atoms with E-state index in [0.29, 0.717) is 12.0 Å². The van der Waals surface area contributed by atoms with Crippen LogP contribution in [-0.4, -0.2) is 68.3 Å². The molecule has 0 bridgehead atoms. The average Bonchev–Trinajstić information content (AvgIpc) is 3.03. The Morgan fingerprint density at radius 1 is 1.24 bits per heavy atom. The van der Waals surface area contributed by atoms with Crippen molar-refractivity contribution in [3.8, 4) is 0 Å². The molecule has 33 heavy (non-hydrogen) atoms. The van der Waals surface area contributed by atoms with Crippen molar-refractivity contribution in [1.82, 2.24) is 20.9 Å². The van der Waals surface area contributed by atoms with Gasteiger partial charge in [-0.3, -0.25) is 19.8 Å². The van der Waals surface area contributed by atoms with Gasteiger partial charge in [-0.1, -0.05) is 37.3 Å². The van der Waals surface area contributed by atoms with Crippen LogP contribution in [0.1, 0.15) is 45.2 Å². The van der Waals surface area contributed by atoms with Crippen LogP contribution in [0, 0.1) is 5.41 Å². The number of amidine groups is 1. The first-order valence-corrected chi connectivity index (χ1v) is 11.6. The molecule has 2 aliphatic heterocycles. The van der Waals surface area contributed by atoms with Gasteiger partial charge in [-0.05, 0) is 25.8 Å². The molecule has 10 nitrogen and oxygen atoms in total. The van der Waals surface area contributed by atoms with Gasteiger partial charge in [0.2, 0.25) is 17.7 Å². The molecule has 2 fully saturated rings. The zero-order valence-electron chi connectivity index (χ0n) is 18.8. The highest BCUT2D eigenvalue weighted by Gasteiger charge is 2.64. The number of aliphatic carboxylic acids is 1. The summed E-state index contributed by atoms with van der Waals surface area (Å²) in [4.78, 5) is 51.3. The molecule has 3 rings (SSSR count). The predicted molar refractivity (Wildman–Crippen MR) is 124 cm³/mol. The number of carbonyl (C=O) groups is 4. The highest BCUT2D eigenvalue weighted by Crippen LogP contribution is 2.50. The number of fused-ring (bicyclic) bond motifs is 1. The lowest BCUT2D eigenvalue weighted by Crippen LogP contribution is -2.71. The van der Waals surface area contributed by atoms with E-state index in [1.54, 1.807) is 44.2 Å². The second-order valence-corrected chi connectivity index (χ2v) is 10.3. The summed E-state index contributed by atoms with van der Waals surface area (Å²) in [6, 6.07) is 5.76. The van der Waals surface area contributed by atoms with Crippen LogP contribution in [0.2, 0.25) is 0 Å². The van der Waals surface area contributed by atoms with E-state index in [-0.39, 0.29) is 12.4 Å². The minimum absolute atomic E-state index is 0.154. The van der Waals surface area contributed by atoms with Gasteiger partial charge in [0.1, 0.15) is 23.5 Å². The van der Waals surface area contributed by atoms with Crippen LogP contribution in [0.4, 0.5) is 0 Å². The summed E-state index contributed by atoms with van der Waals surface area (Å²) in [7, 11) is 0. The summed E-state index contributed by atoms with van der Waals surface area (Å²) in [5.74, 6) is -2.32. The van der Waals surface area contributed by atoms with Gasteiger partial charge in [0, 0.05) is 11.2 Å². The summed E-state index contributed by atoms with van der Waals surface area (Å²) in [6.07, 6.45) is 1.29. The number of hydrogen-bond acceptors (Lipinski definition) is 6. The normalized spacial score (nSPS) is 23.7. The first-order chi connectivity index (χ1) is 15.6. The smallest absolute Gasteiger partial charge is 0.327 e. The molecule has 3 amide bonds. The number of β-lactam (4-membered cyclic amide) rings is 1. The quantitative estimate of drug-likeness (QED) is 0.202. The minimum Gasteiger partial charge on any atom is -0.480 e. The Bertz CT molecular complexity index is 954. The standard InChI is InChI=1S/C22H29N5O5S/c1-4-8-13(23)24-11-14(28)25-15(12-9-6-5-7-10-12)18(29)26-16-19(30)27-17(21(31)32)22(2,3)33-20(16)27/h5-7,9-10,15-17,20H,4,8,11H2,1-3H3,(H2,23,24)(H,25,28)(H,26,29)(H,31,32)/t15?,16-,17+,20-/m1/s1. The van der Waals surface area contributed by atoms with Crippen LogP contribution in [0.15, 0.2) is 30.3 Å². The van der Waals surface area contributed by atoms with Gasteiger partial charge < -0.3 is 26.0 Å². The number of nitrogens with one attached hydrogen (secondary N) is 4. The summed E-state index contributed by atoms with van der Waals surface area (Å²) < 4.78 is -0.701. The largest absolute Gasteiger partial charge is 0.480 e. The fraction of sp³-hybridized carbons (Fsp3) is 0.500. The fourth-order valence-corrected chi connectivity index (χ4v) is 5.69. The van der Waals surface area contributed by atoms with E-state index in [9.17, 15) is 24.3 Å². The number of nitrogens with zero attached hydrogens (tertiary/aromatic N) is 1. The van der Waals surface area contributed by atoms with Crippen molar-refractivity contribution in [2.45, 2.75) is 61.9 Å². The van der Waals surface area contributed by atoms with Crippen LogP contribution < -0.4 is 16.0 Å². The monoisotopic (exact) mass is 475 g/mol. The Morgan fingerprint density at radius 3 is 2.52 bits per heavy atom. The first kappa shape index (κ1) is 24.6. The van der Waals surface area contributed by atoms with Crippen molar-refractivity contribution in [2.24, 2.45) is 0 Å². The van der Waals surface area contributed by atoms with E-state index in [2.05, 4.69) is 16.0 Å². The van der Waals surface area contributed by atoms with Crippen molar-refractivity contribution in [1.29, 1.82) is 5.41 Å². The van der Waals surface area contributed by atoms with Crippen LogP contribution in [0.5, 0.6) is 0 Å². The number of hydrogen-bond donors (Lipinski definition) is 5. The molecule has 2 saturated heterocycles. The zero-order chi connectivity index (χ0) is 24.3. The molecular weight excluding hydrogens is 446 g/mol. The van der Waals surface area contributed by atoms with Crippen LogP contribution in [-0.2, 0) is 19.2 Å². The van der Waals surface area contributed by atoms with E-state index in [1.165, 1.54) is 16.7 Å². The number of amides is 3. The Balaban J connectivity index is 1.70. The molecule has 1 aromatic rings. The van der Waals surface area contributed by atoms with E-state index < -0.39 is 51.9 Å². The van der Waals surface area contributed by atoms with Crippen molar-refractivity contribution >= 4 is 41.3 Å². The third kappa shape index (κ3) is 5.13. The molecule has 0 aliphatic carbocycles. The van der Waals surface area contributed by atoms with Crippen molar-refractivity contribution < 1.29 is 24.3 Å². The van der Waals surface area contributed by atoms with Gasteiger partial charge in [-0.2, -0.15) is 0 Å². The van der Waals surface area contributed by atoms with Gasteiger partial charge >= 0.3 is 5.97 Å². The van der Waals surface area contributed by atoms with E-state index in [0.717, 1.165) is 6.42 Å². The number of benzene rings is 1. The molecule has 5 N–H and O–H groups in total. The Morgan fingerprint density at radius 2 is 1.91 bits per heavy atom. The van der Waals surface area contributed by atoms with Gasteiger partial charge in [0.05, 0.1) is 12.4 Å². The maximum atomic E-state index is 13.1. The molecule has 0 saturated carbocycles. The maximum Gasteiger partial charge on any atom is 0.327 e. The SMILES string of the molecule is CCCC(=N)NCC(=O)NC(C(=O)N[C@@H]1C(=O)N2[C@@H]1SC(C)(C)[C@@H]2C(=O)O)c1ccccc1. The first-order valence-electron chi connectivity index (χ1n) is 10.8. The molecule has 1 aromatic carbocycles. The summed E-state index contributed by atoms with van der Waals surface area (Å²) in [5, 5.41) is 24.9. The lowest BCUT2D eigenvalue weighted by atomic mass is 9.95. The summed E-state index contributed by atoms with van der Waals surface area (Å²) >= 11 is 1.33. The zero-order valence-corrected chi connectivity index (χ0v) is 19.6. The molecule has 0 aromatic heterocycles. The number of carboxylic acids is 1. The van der Waals surface area contributed by atoms with Crippen LogP contribution in [0.25, 0.3) is 0 Å². The molecule has 0 radical (unpaired) electrons. The molecule has 1 unspecified atom stereocenters. The molecule has 11 heteroatoms. The van der Waals surface area contributed by atoms with Gasteiger partial charge in [0.25, 0.3) is 0 Å². The number of rotatable bonds is 9. The number of thioether (sulfide) groups is 1. The molecular formula is C22H29N5O5S. The maximum absolute atomic E-state index is 13.1. The third-order valence-electron chi connectivity index (χ3n) is 5.64. The van der Waals surface area contributed by atoms with Crippen molar-refractivity contribution in [3.05, 3.63) is 35.9 Å². The topological polar surface area (TPSA) is 152 Å². The minimum atomic E-state index is -1.08. The van der Waals surface area contributed by atoms with Gasteiger partial charge in [-0.25, -0.2) is 4.79 Å². The Labute approximate surface area is 196 Å². The van der Waals surface area contributed by atoms with E-state index in [1.807, 2.05) is 6.92 Å². The predicted octanol–water partition coefficient (Wildman–Crippen LogP) is 0.843. The molecule has 0 spiro atoms. The second kappa shape index (κ2) is 9.82. The van der Waals surface area contributed by atoms with Crippen LogP contribution in [0.3, 0.4) is 0 Å². The number of carbonyl (C=O) groups excluding carboxylic acids is 3. The highest BCUT2D eigenvalue weighted by atomic mass is 32.2. The summed E-state index contributed by atoms with van der Waals surface area (Å²) in [5.41, 5.74) is 0.540. The third-order valence-corrected chi connectivity index (χ3v) is 7.21. The number of carboxylic acid groups (broad SMARTS) is 1. The molecule has 2 heterocycles.